The van der Waals surface area contributed by atoms with Gasteiger partial charge in [0, 0.05) is 13.1 Å². The van der Waals surface area contributed by atoms with Crippen molar-refractivity contribution in [3.63, 3.8) is 0 Å². The summed E-state index contributed by atoms with van der Waals surface area (Å²) >= 11 is 1.41. The highest BCUT2D eigenvalue weighted by Gasteiger charge is 2.18. The Kier molecular flexibility index (Phi) is 4.10. The number of hydrogen-bond acceptors (Lipinski definition) is 3. The molecule has 0 aliphatic heterocycles. The monoisotopic (exact) mass is 260 g/mol. The quantitative estimate of drug-likeness (QED) is 0.846. The van der Waals surface area contributed by atoms with Crippen LogP contribution in [0.5, 0.6) is 0 Å². The number of carbonyl (C=O) groups excluding carboxylic acids is 1. The van der Waals surface area contributed by atoms with Crippen molar-refractivity contribution in [1.29, 1.82) is 0 Å². The molecule has 0 radical (unpaired) electrons. The molecule has 2 rings (SSSR count). The highest BCUT2D eigenvalue weighted by Crippen LogP contribution is 2.16. The van der Waals surface area contributed by atoms with E-state index in [2.05, 4.69) is 4.98 Å². The number of hydrogen-bond donors (Lipinski definition) is 0. The molecule has 1 amide bonds. The van der Waals surface area contributed by atoms with Gasteiger partial charge in [0.1, 0.15) is 4.88 Å². The summed E-state index contributed by atoms with van der Waals surface area (Å²) in [6.45, 7) is 5.22. The fraction of sp³-hybridized carbons (Fsp3) is 0.286. The number of rotatable bonds is 4. The van der Waals surface area contributed by atoms with Gasteiger partial charge in [-0.15, -0.1) is 11.3 Å². The molecule has 2 aromatic rings. The average Bonchev–Trinajstić information content (AvgIpc) is 2.82. The molecule has 0 N–H and O–H groups in total. The summed E-state index contributed by atoms with van der Waals surface area (Å²) in [5, 5.41) is 0. The lowest BCUT2D eigenvalue weighted by atomic mass is 10.2. The molecule has 0 aliphatic carbocycles. The van der Waals surface area contributed by atoms with Gasteiger partial charge in [-0.3, -0.25) is 4.79 Å². The van der Waals surface area contributed by atoms with Gasteiger partial charge in [-0.2, -0.15) is 0 Å². The van der Waals surface area contributed by atoms with Crippen LogP contribution in [-0.2, 0) is 6.54 Å². The third-order valence-electron chi connectivity index (χ3n) is 2.82. The Labute approximate surface area is 111 Å². The van der Waals surface area contributed by atoms with E-state index in [0.717, 1.165) is 16.1 Å². The average molecular weight is 260 g/mol. The Bertz CT molecular complexity index is 522. The SMILES string of the molecule is CCN(Cc1ccccc1)C(=O)c1scnc1C. The molecule has 1 aromatic heterocycles. The summed E-state index contributed by atoms with van der Waals surface area (Å²) in [7, 11) is 0. The number of benzene rings is 1. The van der Waals surface area contributed by atoms with E-state index in [1.807, 2.05) is 49.1 Å². The van der Waals surface area contributed by atoms with E-state index >= 15 is 0 Å². The third-order valence-corrected chi connectivity index (χ3v) is 3.74. The van der Waals surface area contributed by atoms with Gasteiger partial charge >= 0.3 is 0 Å². The zero-order chi connectivity index (χ0) is 13.0. The van der Waals surface area contributed by atoms with Crippen molar-refractivity contribution in [2.45, 2.75) is 20.4 Å². The van der Waals surface area contributed by atoms with Crippen LogP contribution in [0, 0.1) is 6.92 Å². The van der Waals surface area contributed by atoms with Crippen molar-refractivity contribution in [3.8, 4) is 0 Å². The molecule has 0 saturated heterocycles. The molecule has 3 nitrogen and oxygen atoms in total. The molecule has 0 aliphatic rings. The van der Waals surface area contributed by atoms with E-state index in [1.54, 1.807) is 5.51 Å². The fourth-order valence-electron chi connectivity index (χ4n) is 1.78. The summed E-state index contributed by atoms with van der Waals surface area (Å²) in [6, 6.07) is 10.0. The van der Waals surface area contributed by atoms with Crippen LogP contribution in [0.15, 0.2) is 35.8 Å². The molecule has 0 unspecified atom stereocenters. The lowest BCUT2D eigenvalue weighted by Crippen LogP contribution is -2.30. The molecule has 94 valence electrons. The molecular weight excluding hydrogens is 244 g/mol. The summed E-state index contributed by atoms with van der Waals surface area (Å²) < 4.78 is 0. The van der Waals surface area contributed by atoms with Gasteiger partial charge in [0.15, 0.2) is 0 Å². The van der Waals surface area contributed by atoms with Gasteiger partial charge in [-0.25, -0.2) is 4.98 Å². The minimum Gasteiger partial charge on any atom is -0.334 e. The predicted octanol–water partition coefficient (Wildman–Crippen LogP) is 3.11. The molecule has 1 heterocycles. The van der Waals surface area contributed by atoms with Crippen LogP contribution >= 0.6 is 11.3 Å². The van der Waals surface area contributed by atoms with E-state index in [1.165, 1.54) is 11.3 Å². The van der Waals surface area contributed by atoms with Crippen LogP contribution < -0.4 is 0 Å². The Morgan fingerprint density at radius 2 is 2.06 bits per heavy atom. The highest BCUT2D eigenvalue weighted by atomic mass is 32.1. The zero-order valence-electron chi connectivity index (χ0n) is 10.6. The van der Waals surface area contributed by atoms with Crippen molar-refractivity contribution in [3.05, 3.63) is 52.0 Å². The second-order valence-corrected chi connectivity index (χ2v) is 4.93. The molecule has 0 bridgehead atoms. The molecular formula is C14H16N2OS. The smallest absolute Gasteiger partial charge is 0.266 e. The van der Waals surface area contributed by atoms with E-state index in [-0.39, 0.29) is 5.91 Å². The van der Waals surface area contributed by atoms with Crippen LogP contribution in [0.25, 0.3) is 0 Å². The molecule has 0 fully saturated rings. The largest absolute Gasteiger partial charge is 0.334 e. The Morgan fingerprint density at radius 3 is 2.61 bits per heavy atom. The number of amides is 1. The number of carbonyl (C=O) groups is 1. The molecule has 4 heteroatoms. The number of nitrogens with zero attached hydrogens (tertiary/aromatic N) is 2. The number of thiazole rings is 1. The maximum Gasteiger partial charge on any atom is 0.266 e. The summed E-state index contributed by atoms with van der Waals surface area (Å²) in [5.41, 5.74) is 3.69. The van der Waals surface area contributed by atoms with Crippen LogP contribution in [0.2, 0.25) is 0 Å². The van der Waals surface area contributed by atoms with Crippen LogP contribution in [0.4, 0.5) is 0 Å². The summed E-state index contributed by atoms with van der Waals surface area (Å²) in [6.07, 6.45) is 0. The van der Waals surface area contributed by atoms with E-state index in [0.29, 0.717) is 13.1 Å². The number of aromatic nitrogens is 1. The lowest BCUT2D eigenvalue weighted by Gasteiger charge is -2.20. The van der Waals surface area contributed by atoms with E-state index in [9.17, 15) is 4.79 Å². The minimum absolute atomic E-state index is 0.0707. The van der Waals surface area contributed by atoms with E-state index in [4.69, 9.17) is 0 Å². The molecule has 0 atom stereocenters. The first kappa shape index (κ1) is 12.8. The van der Waals surface area contributed by atoms with Crippen molar-refractivity contribution in [2.24, 2.45) is 0 Å². The van der Waals surface area contributed by atoms with Crippen LogP contribution in [0.1, 0.15) is 27.9 Å². The molecule has 0 spiro atoms. The van der Waals surface area contributed by atoms with Gasteiger partial charge < -0.3 is 4.90 Å². The Hall–Kier alpha value is -1.68. The summed E-state index contributed by atoms with van der Waals surface area (Å²) in [5.74, 6) is 0.0707. The number of aryl methyl sites for hydroxylation is 1. The van der Waals surface area contributed by atoms with Gasteiger partial charge in [-0.1, -0.05) is 30.3 Å². The van der Waals surface area contributed by atoms with Gasteiger partial charge in [0.25, 0.3) is 5.91 Å². The predicted molar refractivity (Wildman–Crippen MR) is 73.7 cm³/mol. The normalized spacial score (nSPS) is 10.3. The Morgan fingerprint density at radius 1 is 1.33 bits per heavy atom. The second-order valence-electron chi connectivity index (χ2n) is 4.07. The lowest BCUT2D eigenvalue weighted by molar-refractivity contribution is 0.0756. The van der Waals surface area contributed by atoms with Gasteiger partial charge in [0.2, 0.25) is 0 Å². The first-order valence-electron chi connectivity index (χ1n) is 5.95. The van der Waals surface area contributed by atoms with Gasteiger partial charge in [0.05, 0.1) is 11.2 Å². The maximum atomic E-state index is 12.4. The Balaban J connectivity index is 2.15. The minimum atomic E-state index is 0.0707. The van der Waals surface area contributed by atoms with Crippen molar-refractivity contribution >= 4 is 17.2 Å². The standard InChI is InChI=1S/C14H16N2OS/c1-3-16(9-12-7-5-4-6-8-12)14(17)13-11(2)15-10-18-13/h4-8,10H,3,9H2,1-2H3. The maximum absolute atomic E-state index is 12.4. The first-order chi connectivity index (χ1) is 8.72. The highest BCUT2D eigenvalue weighted by molar-refractivity contribution is 7.11. The molecule has 0 saturated carbocycles. The third kappa shape index (κ3) is 2.76. The van der Waals surface area contributed by atoms with Crippen LogP contribution in [0.3, 0.4) is 0 Å². The van der Waals surface area contributed by atoms with E-state index < -0.39 is 0 Å². The van der Waals surface area contributed by atoms with Crippen LogP contribution in [-0.4, -0.2) is 22.3 Å². The van der Waals surface area contributed by atoms with Crippen molar-refractivity contribution in [1.82, 2.24) is 9.88 Å². The zero-order valence-corrected chi connectivity index (χ0v) is 11.4. The molecule has 18 heavy (non-hydrogen) atoms. The van der Waals surface area contributed by atoms with Crippen molar-refractivity contribution in [2.75, 3.05) is 6.54 Å². The van der Waals surface area contributed by atoms with Gasteiger partial charge in [-0.05, 0) is 19.4 Å². The van der Waals surface area contributed by atoms with Crippen molar-refractivity contribution < 1.29 is 4.79 Å². The first-order valence-corrected chi connectivity index (χ1v) is 6.83. The summed E-state index contributed by atoms with van der Waals surface area (Å²) in [4.78, 5) is 19.1. The topological polar surface area (TPSA) is 33.2 Å². The fourth-order valence-corrected chi connectivity index (χ4v) is 2.55. The molecule has 1 aromatic carbocycles. The second kappa shape index (κ2) is 5.78.